The molecule has 0 saturated carbocycles. The van der Waals surface area contributed by atoms with Crippen molar-refractivity contribution in [3.8, 4) is 50.6 Å². The molecule has 3 aromatic heterocycles. The molecule has 0 N–H and O–H groups in total. The molecule has 0 bridgehead atoms. The number of rotatable bonds is 7. The fourth-order valence-electron chi connectivity index (χ4n) is 8.17. The molecule has 0 saturated heterocycles. The minimum absolute atomic E-state index is 0. The van der Waals surface area contributed by atoms with E-state index in [1.165, 1.54) is 45.6 Å². The number of aromatic nitrogens is 4. The molecule has 0 atom stereocenters. The zero-order valence-corrected chi connectivity index (χ0v) is 39.5. The van der Waals surface area contributed by atoms with Gasteiger partial charge in [-0.3, -0.25) is 14.4 Å². The predicted molar refractivity (Wildman–Crippen MR) is 257 cm³/mol. The van der Waals surface area contributed by atoms with Crippen LogP contribution in [0.2, 0.25) is 0 Å². The number of hydrogen-bond donors (Lipinski definition) is 0. The Bertz CT molecular complexity index is 3170. The molecule has 7 aromatic carbocycles. The molecule has 321 valence electrons. The van der Waals surface area contributed by atoms with Crippen molar-refractivity contribution >= 4 is 33.0 Å². The number of fused-ring (bicyclic) bond motifs is 4. The van der Waals surface area contributed by atoms with Crippen molar-refractivity contribution in [1.82, 2.24) is 19.5 Å². The third-order valence-electron chi connectivity index (χ3n) is 11.5. The van der Waals surface area contributed by atoms with E-state index in [9.17, 15) is 4.39 Å². The Labute approximate surface area is 388 Å². The topological polar surface area (TPSA) is 56.7 Å². The van der Waals surface area contributed by atoms with Crippen LogP contribution in [0.1, 0.15) is 77.1 Å². The second kappa shape index (κ2) is 18.3. The Hall–Kier alpha value is -6.53. The second-order valence-electron chi connectivity index (χ2n) is 17.7. The smallest absolute Gasteiger partial charge is 0.121 e. The third kappa shape index (κ3) is 8.71. The summed E-state index contributed by atoms with van der Waals surface area (Å²) in [7, 11) is 0. The van der Waals surface area contributed by atoms with E-state index in [1.807, 2.05) is 12.1 Å². The maximum atomic E-state index is 12.8. The van der Waals surface area contributed by atoms with Gasteiger partial charge in [0.2, 0.25) is 0 Å². The van der Waals surface area contributed by atoms with Gasteiger partial charge in [0.1, 0.15) is 5.58 Å². The summed E-state index contributed by atoms with van der Waals surface area (Å²) in [5.74, 6) is 1.11. The third-order valence-corrected chi connectivity index (χ3v) is 11.5. The monoisotopic (exact) mass is 1020 g/mol. The molecule has 7 heteroatoms. The van der Waals surface area contributed by atoms with Crippen LogP contribution < -0.4 is 0 Å². The van der Waals surface area contributed by atoms with Crippen LogP contribution in [0.4, 0.5) is 4.39 Å². The summed E-state index contributed by atoms with van der Waals surface area (Å²) in [6.07, 6.45) is 3.46. The molecule has 0 aliphatic heterocycles. The molecular weight excluding hydrogens is 968 g/mol. The zero-order valence-electron chi connectivity index (χ0n) is 37.1. The fourth-order valence-corrected chi connectivity index (χ4v) is 8.17. The van der Waals surface area contributed by atoms with Crippen LogP contribution in [0, 0.1) is 17.9 Å². The van der Waals surface area contributed by atoms with Gasteiger partial charge in [-0.1, -0.05) is 144 Å². The normalized spacial score (nSPS) is 11.6. The van der Waals surface area contributed by atoms with Gasteiger partial charge >= 0.3 is 0 Å². The standard InChI is InChI=1S/C43H35N2O.C14H14FN2.Ir/c1-27(2)36-24-32(30-16-9-6-10-17-30)25-37(28(3)4)41(36)45-39-21-12-11-20-38(39)44-43(45)35-19-13-18-34-33-23-22-31(26-40(33)46-42(34)35)29-14-7-5-8-15-29;1-14(2,3)13-9-16-12(8-17-13)10-4-6-11(15)7-5-10;/h5-18,20-28H,1-4H3;4,6-9H,1-3H3;/q2*-1;. The van der Waals surface area contributed by atoms with Gasteiger partial charge < -0.3 is 14.0 Å². The van der Waals surface area contributed by atoms with Gasteiger partial charge in [-0.25, -0.2) is 0 Å². The molecule has 10 aromatic rings. The number of furan rings is 1. The molecule has 0 aliphatic rings. The summed E-state index contributed by atoms with van der Waals surface area (Å²) in [5, 5.41) is 2.15. The van der Waals surface area contributed by atoms with E-state index in [2.05, 4.69) is 190 Å². The first-order valence-electron chi connectivity index (χ1n) is 21.6. The van der Waals surface area contributed by atoms with Crippen molar-refractivity contribution < 1.29 is 28.9 Å². The first-order chi connectivity index (χ1) is 30.4. The van der Waals surface area contributed by atoms with Crippen molar-refractivity contribution in [3.05, 3.63) is 193 Å². The molecule has 0 unspecified atom stereocenters. The number of benzene rings is 7. The van der Waals surface area contributed by atoms with E-state index in [0.717, 1.165) is 61.2 Å². The van der Waals surface area contributed by atoms with Gasteiger partial charge in [-0.05, 0) is 75.5 Å². The van der Waals surface area contributed by atoms with E-state index in [4.69, 9.17) is 9.40 Å². The second-order valence-corrected chi connectivity index (χ2v) is 17.7. The minimum Gasteiger partial charge on any atom is -0.501 e. The van der Waals surface area contributed by atoms with Crippen molar-refractivity contribution in [2.45, 2.75) is 65.7 Å². The van der Waals surface area contributed by atoms with E-state index in [0.29, 0.717) is 5.69 Å². The molecule has 64 heavy (non-hydrogen) atoms. The largest absolute Gasteiger partial charge is 0.501 e. The quantitative estimate of drug-likeness (QED) is 0.149. The zero-order chi connectivity index (χ0) is 43.8. The van der Waals surface area contributed by atoms with E-state index < -0.39 is 0 Å². The van der Waals surface area contributed by atoms with Gasteiger partial charge in [0.15, 0.2) is 0 Å². The summed E-state index contributed by atoms with van der Waals surface area (Å²) in [6.45, 7) is 15.4. The van der Waals surface area contributed by atoms with E-state index in [1.54, 1.807) is 18.5 Å². The summed E-state index contributed by atoms with van der Waals surface area (Å²) in [6, 6.07) is 55.7. The van der Waals surface area contributed by atoms with Gasteiger partial charge in [0.05, 0.1) is 28.1 Å². The molecule has 10 rings (SSSR count). The summed E-state index contributed by atoms with van der Waals surface area (Å²) >= 11 is 0. The van der Waals surface area contributed by atoms with Gasteiger partial charge in [0.25, 0.3) is 0 Å². The number of hydrogen-bond acceptors (Lipinski definition) is 4. The van der Waals surface area contributed by atoms with Crippen LogP contribution in [-0.4, -0.2) is 19.5 Å². The van der Waals surface area contributed by atoms with Crippen LogP contribution in [0.15, 0.2) is 162 Å². The number of para-hydroxylation sites is 2. The van der Waals surface area contributed by atoms with Crippen LogP contribution >= 0.6 is 0 Å². The van der Waals surface area contributed by atoms with Crippen molar-refractivity contribution in [2.24, 2.45) is 0 Å². The average Bonchev–Trinajstić information content (AvgIpc) is 3.88. The molecule has 0 amide bonds. The first kappa shape index (κ1) is 44.1. The van der Waals surface area contributed by atoms with Gasteiger partial charge in [-0.15, -0.1) is 48.0 Å². The number of nitrogens with zero attached hydrogens (tertiary/aromatic N) is 4. The minimum atomic E-state index is -0.298. The Kier molecular flexibility index (Phi) is 12.6. The molecule has 0 spiro atoms. The summed E-state index contributed by atoms with van der Waals surface area (Å²) < 4.78 is 21.9. The molecule has 0 fully saturated rings. The molecule has 1 radical (unpaired) electrons. The van der Waals surface area contributed by atoms with Crippen LogP contribution in [0.25, 0.3) is 83.6 Å². The Morgan fingerprint density at radius 1 is 0.641 bits per heavy atom. The van der Waals surface area contributed by atoms with Crippen LogP contribution in [0.3, 0.4) is 0 Å². The maximum Gasteiger partial charge on any atom is 0.121 e. The summed E-state index contributed by atoms with van der Waals surface area (Å²) in [4.78, 5) is 14.0. The average molecular weight is 1020 g/mol. The molecular formula is C57H49FIrN4O-2. The van der Waals surface area contributed by atoms with Gasteiger partial charge in [-0.2, -0.15) is 0 Å². The van der Waals surface area contributed by atoms with Gasteiger partial charge in [0, 0.05) is 60.5 Å². The Morgan fingerprint density at radius 3 is 1.91 bits per heavy atom. The van der Waals surface area contributed by atoms with E-state index >= 15 is 0 Å². The van der Waals surface area contributed by atoms with Crippen molar-refractivity contribution in [2.75, 3.05) is 0 Å². The SMILES string of the molecule is CC(C)(C)c1cnc(-c2[c-]cc(F)cc2)cn1.CC(C)c1cc(-c2ccccc2)cc(C(C)C)c1-n1c(-c2[c-]ccc3c2oc2cc(-c4ccccc4)ccc23)nc2ccccc21.[Ir]. The fraction of sp³-hybridized carbons (Fsp3) is 0.175. The molecule has 3 heterocycles. The van der Waals surface area contributed by atoms with Crippen molar-refractivity contribution in [1.29, 1.82) is 0 Å². The predicted octanol–water partition coefficient (Wildman–Crippen LogP) is 15.4. The van der Waals surface area contributed by atoms with Crippen LogP contribution in [-0.2, 0) is 25.5 Å². The van der Waals surface area contributed by atoms with E-state index in [-0.39, 0.29) is 43.2 Å². The number of imidazole rings is 1. The molecule has 5 nitrogen and oxygen atoms in total. The Morgan fingerprint density at radius 2 is 1.30 bits per heavy atom. The first-order valence-corrected chi connectivity index (χ1v) is 21.6. The molecule has 0 aliphatic carbocycles. The van der Waals surface area contributed by atoms with Crippen LogP contribution in [0.5, 0.6) is 0 Å². The Balaban J connectivity index is 0.000000262. The maximum absolute atomic E-state index is 12.8. The van der Waals surface area contributed by atoms with Crippen molar-refractivity contribution in [3.63, 3.8) is 0 Å². The number of halogens is 1. The summed E-state index contributed by atoms with van der Waals surface area (Å²) in [5.41, 5.74) is 15.5.